The molecule has 0 atom stereocenters. The molecule has 0 fully saturated rings. The van der Waals surface area contributed by atoms with Crippen molar-refractivity contribution in [2.45, 2.75) is 13.3 Å². The molecule has 0 aliphatic carbocycles. The number of nitrogens with two attached hydrogens (primary N) is 1. The van der Waals surface area contributed by atoms with Gasteiger partial charge in [-0.15, -0.1) is 0 Å². The second-order valence-corrected chi connectivity index (χ2v) is 4.46. The van der Waals surface area contributed by atoms with Crippen LogP contribution in [0.25, 0.3) is 0 Å². The quantitative estimate of drug-likeness (QED) is 0.839. The van der Waals surface area contributed by atoms with Gasteiger partial charge in [-0.2, -0.15) is 0 Å². The highest BCUT2D eigenvalue weighted by atomic mass is 16.5. The van der Waals surface area contributed by atoms with Crippen molar-refractivity contribution < 1.29 is 9.53 Å². The number of carbonyl (C=O) groups excluding carboxylic acids is 1. The second kappa shape index (κ2) is 6.10. The third kappa shape index (κ3) is 3.09. The molecule has 2 rings (SSSR count). The monoisotopic (exact) mass is 270 g/mol. The minimum atomic E-state index is -0.187. The van der Waals surface area contributed by atoms with Crippen LogP contribution >= 0.6 is 0 Å². The average Bonchev–Trinajstić information content (AvgIpc) is 2.48. The molecule has 0 unspecified atom stereocenters. The number of anilines is 2. The molecule has 2 aromatic carbocycles. The predicted molar refractivity (Wildman–Crippen MR) is 81.2 cm³/mol. The van der Waals surface area contributed by atoms with Crippen molar-refractivity contribution >= 4 is 17.3 Å². The Labute approximate surface area is 118 Å². The number of hydrogen-bond acceptors (Lipinski definition) is 3. The molecule has 104 valence electrons. The van der Waals surface area contributed by atoms with Gasteiger partial charge >= 0.3 is 0 Å². The van der Waals surface area contributed by atoms with Crippen LogP contribution in [-0.4, -0.2) is 13.0 Å². The first kappa shape index (κ1) is 13.9. The summed E-state index contributed by atoms with van der Waals surface area (Å²) >= 11 is 0. The molecule has 0 saturated heterocycles. The van der Waals surface area contributed by atoms with Crippen LogP contribution in [0.3, 0.4) is 0 Å². The Hall–Kier alpha value is -2.49. The van der Waals surface area contributed by atoms with Crippen LogP contribution in [-0.2, 0) is 6.42 Å². The number of ether oxygens (including phenoxy) is 1. The van der Waals surface area contributed by atoms with Gasteiger partial charge in [0.25, 0.3) is 5.91 Å². The Morgan fingerprint density at radius 1 is 1.20 bits per heavy atom. The summed E-state index contributed by atoms with van der Waals surface area (Å²) in [7, 11) is 1.52. The van der Waals surface area contributed by atoms with E-state index in [9.17, 15) is 4.79 Å². The van der Waals surface area contributed by atoms with Gasteiger partial charge in [0.1, 0.15) is 5.75 Å². The SMILES string of the molecule is CCc1ccc(NC(=O)c2ccc(N)c(OC)c2)cc1. The van der Waals surface area contributed by atoms with Crippen molar-refractivity contribution in [1.82, 2.24) is 0 Å². The van der Waals surface area contributed by atoms with Crippen LogP contribution in [0.1, 0.15) is 22.8 Å². The lowest BCUT2D eigenvalue weighted by atomic mass is 10.1. The zero-order valence-corrected chi connectivity index (χ0v) is 11.6. The van der Waals surface area contributed by atoms with Crippen molar-refractivity contribution in [1.29, 1.82) is 0 Å². The van der Waals surface area contributed by atoms with E-state index in [0.29, 0.717) is 17.0 Å². The number of carbonyl (C=O) groups is 1. The summed E-state index contributed by atoms with van der Waals surface area (Å²) in [6.45, 7) is 2.09. The molecule has 4 nitrogen and oxygen atoms in total. The van der Waals surface area contributed by atoms with Crippen LogP contribution in [0.4, 0.5) is 11.4 Å². The number of nitrogens with one attached hydrogen (secondary N) is 1. The van der Waals surface area contributed by atoms with Gasteiger partial charge in [-0.25, -0.2) is 0 Å². The molecule has 20 heavy (non-hydrogen) atoms. The maximum Gasteiger partial charge on any atom is 0.255 e. The van der Waals surface area contributed by atoms with E-state index >= 15 is 0 Å². The average molecular weight is 270 g/mol. The summed E-state index contributed by atoms with van der Waals surface area (Å²) in [5, 5.41) is 2.84. The maximum atomic E-state index is 12.1. The van der Waals surface area contributed by atoms with Crippen molar-refractivity contribution in [3.8, 4) is 5.75 Å². The Morgan fingerprint density at radius 2 is 1.90 bits per heavy atom. The minimum Gasteiger partial charge on any atom is -0.495 e. The van der Waals surface area contributed by atoms with Crippen LogP contribution in [0.2, 0.25) is 0 Å². The van der Waals surface area contributed by atoms with Crippen molar-refractivity contribution in [3.05, 3.63) is 53.6 Å². The number of amides is 1. The predicted octanol–water partition coefficient (Wildman–Crippen LogP) is 3.09. The molecule has 2 aromatic rings. The van der Waals surface area contributed by atoms with E-state index in [1.54, 1.807) is 18.2 Å². The van der Waals surface area contributed by atoms with Crippen LogP contribution in [0, 0.1) is 0 Å². The number of benzene rings is 2. The molecule has 0 aromatic heterocycles. The van der Waals surface area contributed by atoms with Crippen LogP contribution in [0.15, 0.2) is 42.5 Å². The van der Waals surface area contributed by atoms with E-state index < -0.39 is 0 Å². The van der Waals surface area contributed by atoms with E-state index in [0.717, 1.165) is 12.1 Å². The molecule has 1 amide bonds. The first-order valence-corrected chi connectivity index (χ1v) is 6.48. The fraction of sp³-hybridized carbons (Fsp3) is 0.188. The third-order valence-electron chi connectivity index (χ3n) is 3.12. The topological polar surface area (TPSA) is 64.4 Å². The summed E-state index contributed by atoms with van der Waals surface area (Å²) < 4.78 is 5.11. The van der Waals surface area contributed by atoms with Crippen LogP contribution in [0.5, 0.6) is 5.75 Å². The normalized spacial score (nSPS) is 10.1. The molecule has 0 bridgehead atoms. The zero-order chi connectivity index (χ0) is 14.5. The van der Waals surface area contributed by atoms with Gasteiger partial charge in [0.15, 0.2) is 0 Å². The van der Waals surface area contributed by atoms with Crippen molar-refractivity contribution in [3.63, 3.8) is 0 Å². The standard InChI is InChI=1S/C16H18N2O2/c1-3-11-4-7-13(8-5-11)18-16(19)12-6-9-14(17)15(10-12)20-2/h4-10H,3,17H2,1-2H3,(H,18,19). The fourth-order valence-electron chi connectivity index (χ4n) is 1.88. The van der Waals surface area contributed by atoms with Crippen molar-refractivity contribution in [2.75, 3.05) is 18.2 Å². The lowest BCUT2D eigenvalue weighted by Gasteiger charge is -2.09. The van der Waals surface area contributed by atoms with Gasteiger partial charge in [0.05, 0.1) is 12.8 Å². The summed E-state index contributed by atoms with van der Waals surface area (Å²) in [4.78, 5) is 12.1. The van der Waals surface area contributed by atoms with Gasteiger partial charge in [-0.05, 0) is 42.3 Å². The van der Waals surface area contributed by atoms with E-state index in [-0.39, 0.29) is 5.91 Å². The minimum absolute atomic E-state index is 0.187. The highest BCUT2D eigenvalue weighted by Gasteiger charge is 2.09. The summed E-state index contributed by atoms with van der Waals surface area (Å²) in [5.74, 6) is 0.312. The molecular formula is C16H18N2O2. The van der Waals surface area contributed by atoms with Gasteiger partial charge in [-0.3, -0.25) is 4.79 Å². The van der Waals surface area contributed by atoms with Crippen LogP contribution < -0.4 is 15.8 Å². The Balaban J connectivity index is 2.14. The largest absolute Gasteiger partial charge is 0.495 e. The smallest absolute Gasteiger partial charge is 0.255 e. The Kier molecular flexibility index (Phi) is 4.25. The molecule has 0 radical (unpaired) electrons. The van der Waals surface area contributed by atoms with E-state index in [2.05, 4.69) is 12.2 Å². The van der Waals surface area contributed by atoms with Gasteiger partial charge in [0.2, 0.25) is 0 Å². The number of rotatable bonds is 4. The second-order valence-electron chi connectivity index (χ2n) is 4.46. The van der Waals surface area contributed by atoms with E-state index in [1.165, 1.54) is 12.7 Å². The molecule has 0 aliphatic rings. The highest BCUT2D eigenvalue weighted by Crippen LogP contribution is 2.22. The maximum absolute atomic E-state index is 12.1. The fourth-order valence-corrected chi connectivity index (χ4v) is 1.88. The Morgan fingerprint density at radius 3 is 2.50 bits per heavy atom. The van der Waals surface area contributed by atoms with E-state index in [1.807, 2.05) is 24.3 Å². The van der Waals surface area contributed by atoms with Crippen molar-refractivity contribution in [2.24, 2.45) is 0 Å². The molecular weight excluding hydrogens is 252 g/mol. The number of nitrogen functional groups attached to an aromatic ring is 1. The first-order chi connectivity index (χ1) is 9.63. The molecule has 0 saturated carbocycles. The van der Waals surface area contributed by atoms with E-state index in [4.69, 9.17) is 10.5 Å². The zero-order valence-electron chi connectivity index (χ0n) is 11.6. The highest BCUT2D eigenvalue weighted by molar-refractivity contribution is 6.04. The molecule has 0 heterocycles. The van der Waals surface area contributed by atoms with Gasteiger partial charge < -0.3 is 15.8 Å². The number of aryl methyl sites for hydroxylation is 1. The number of methoxy groups -OCH3 is 1. The molecule has 4 heteroatoms. The molecule has 0 spiro atoms. The number of hydrogen-bond donors (Lipinski definition) is 2. The summed E-state index contributed by atoms with van der Waals surface area (Å²) in [6.07, 6.45) is 0.976. The lowest BCUT2D eigenvalue weighted by molar-refractivity contribution is 0.102. The molecule has 3 N–H and O–H groups in total. The third-order valence-corrected chi connectivity index (χ3v) is 3.12. The lowest BCUT2D eigenvalue weighted by Crippen LogP contribution is -2.12. The Bertz CT molecular complexity index is 606. The van der Waals surface area contributed by atoms with Gasteiger partial charge in [-0.1, -0.05) is 19.1 Å². The summed E-state index contributed by atoms with van der Waals surface area (Å²) in [5.41, 5.74) is 8.75. The summed E-state index contributed by atoms with van der Waals surface area (Å²) in [6, 6.07) is 12.8. The first-order valence-electron chi connectivity index (χ1n) is 6.48. The molecule has 0 aliphatic heterocycles. The van der Waals surface area contributed by atoms with Gasteiger partial charge in [0, 0.05) is 11.3 Å².